The Kier molecular flexibility index (Phi) is 4.75. The van der Waals surface area contributed by atoms with Crippen LogP contribution in [-0.4, -0.2) is 8.97 Å². The third-order valence-electron chi connectivity index (χ3n) is 9.46. The lowest BCUT2D eigenvalue weighted by Crippen LogP contribution is -1.99. The van der Waals surface area contributed by atoms with Crippen molar-refractivity contribution in [3.8, 4) is 27.9 Å². The minimum Gasteiger partial charge on any atom is -0.308 e. The van der Waals surface area contributed by atoms with Gasteiger partial charge in [0.2, 0.25) is 0 Å². The molecule has 3 aromatic heterocycles. The van der Waals surface area contributed by atoms with Crippen LogP contribution in [0.1, 0.15) is 0 Å². The molecular weight excluding hydrogens is 532 g/mol. The molecule has 0 amide bonds. The largest absolute Gasteiger partial charge is 0.308 e. The van der Waals surface area contributed by atoms with E-state index in [1.54, 1.807) is 0 Å². The number of nitrogens with zero attached hydrogens (tertiary/aromatic N) is 2. The molecule has 0 bridgehead atoms. The zero-order chi connectivity index (χ0) is 28.8. The zero-order valence-corrected chi connectivity index (χ0v) is 23.9. The molecule has 0 unspecified atom stereocenters. The molecule has 0 spiro atoms. The Balaban J connectivity index is 1.54. The van der Waals surface area contributed by atoms with Crippen LogP contribution >= 0.6 is 0 Å². The van der Waals surface area contributed by atoms with Crippen molar-refractivity contribution >= 4 is 59.9 Å². The monoisotopic (exact) mass is 558 g/mol. The van der Waals surface area contributed by atoms with Crippen molar-refractivity contribution in [2.45, 2.75) is 0 Å². The maximum atomic E-state index is 2.54. The van der Waals surface area contributed by atoms with Crippen LogP contribution in [0.4, 0.5) is 0 Å². The Morgan fingerprint density at radius 2 is 0.886 bits per heavy atom. The van der Waals surface area contributed by atoms with E-state index in [9.17, 15) is 0 Å². The number of hydrogen-bond acceptors (Lipinski definition) is 0. The normalized spacial score (nSPS) is 12.1. The SMILES string of the molecule is c1ccc(-c2ccccc2-n2c3ccc4c5ccccc5n5c6ccccc6c6ccc(-c7ccccc7)c2c6c3c45)cc1. The van der Waals surface area contributed by atoms with E-state index < -0.39 is 0 Å². The molecule has 0 saturated carbocycles. The lowest BCUT2D eigenvalue weighted by Gasteiger charge is -2.16. The lowest BCUT2D eigenvalue weighted by molar-refractivity contribution is 1.18. The number of para-hydroxylation sites is 3. The molecule has 0 aliphatic heterocycles. The van der Waals surface area contributed by atoms with Gasteiger partial charge in [0.25, 0.3) is 0 Å². The van der Waals surface area contributed by atoms with Crippen LogP contribution in [0.5, 0.6) is 0 Å². The Labute approximate surface area is 254 Å². The van der Waals surface area contributed by atoms with Crippen LogP contribution in [0.3, 0.4) is 0 Å². The van der Waals surface area contributed by atoms with Gasteiger partial charge in [-0.2, -0.15) is 0 Å². The van der Waals surface area contributed by atoms with Gasteiger partial charge in [-0.1, -0.05) is 133 Å². The van der Waals surface area contributed by atoms with Crippen LogP contribution < -0.4 is 0 Å². The van der Waals surface area contributed by atoms with E-state index in [0.717, 1.165) is 0 Å². The summed E-state index contributed by atoms with van der Waals surface area (Å²) in [5.41, 5.74) is 12.3. The van der Waals surface area contributed by atoms with Crippen molar-refractivity contribution < 1.29 is 0 Å². The maximum absolute atomic E-state index is 2.54. The molecule has 2 heteroatoms. The molecule has 3 heterocycles. The third kappa shape index (κ3) is 3.04. The van der Waals surface area contributed by atoms with Crippen LogP contribution in [0.15, 0.2) is 158 Å². The number of rotatable bonds is 3. The molecule has 10 aromatic rings. The van der Waals surface area contributed by atoms with Gasteiger partial charge in [-0.3, -0.25) is 0 Å². The van der Waals surface area contributed by atoms with E-state index >= 15 is 0 Å². The number of aromatic nitrogens is 2. The van der Waals surface area contributed by atoms with Crippen molar-refractivity contribution in [2.75, 3.05) is 0 Å². The fraction of sp³-hybridized carbons (Fsp3) is 0. The highest BCUT2D eigenvalue weighted by Gasteiger charge is 2.25. The lowest BCUT2D eigenvalue weighted by atomic mass is 9.97. The van der Waals surface area contributed by atoms with Crippen LogP contribution in [0, 0.1) is 0 Å². The quantitative estimate of drug-likeness (QED) is 0.204. The molecule has 2 nitrogen and oxygen atoms in total. The first-order valence-electron chi connectivity index (χ1n) is 15.2. The van der Waals surface area contributed by atoms with E-state index in [-0.39, 0.29) is 0 Å². The van der Waals surface area contributed by atoms with Gasteiger partial charge in [-0.15, -0.1) is 0 Å². The molecule has 0 radical (unpaired) electrons. The Bertz CT molecular complexity index is 2690. The standard InChI is InChI=1S/C42H26N2/c1-3-13-27(14-4-1)29-17-7-10-20-35(29)44-38-26-25-34-32-19-9-12-22-37(32)43-36-21-11-8-18-31(36)33-24-23-30(28-15-5-2-6-16-28)41(44)39(33)40(38)42(34)43/h1-26H. The van der Waals surface area contributed by atoms with Gasteiger partial charge in [-0.25, -0.2) is 0 Å². The Morgan fingerprint density at radius 1 is 0.318 bits per heavy atom. The van der Waals surface area contributed by atoms with E-state index in [1.165, 1.54) is 87.8 Å². The summed E-state index contributed by atoms with van der Waals surface area (Å²) in [6, 6.07) is 57.6. The van der Waals surface area contributed by atoms with Gasteiger partial charge in [0.15, 0.2) is 0 Å². The predicted molar refractivity (Wildman–Crippen MR) is 186 cm³/mol. The van der Waals surface area contributed by atoms with Crippen LogP contribution in [0.25, 0.3) is 87.8 Å². The van der Waals surface area contributed by atoms with Crippen molar-refractivity contribution in [1.82, 2.24) is 8.97 Å². The van der Waals surface area contributed by atoms with Gasteiger partial charge in [-0.05, 0) is 40.8 Å². The maximum Gasteiger partial charge on any atom is 0.0641 e. The second kappa shape index (κ2) is 8.82. The Hall–Kier alpha value is -5.86. The summed E-state index contributed by atoms with van der Waals surface area (Å²) in [5, 5.41) is 7.72. The van der Waals surface area contributed by atoms with Gasteiger partial charge in [0.05, 0.1) is 33.3 Å². The number of fused-ring (bicyclic) bond motifs is 6. The summed E-state index contributed by atoms with van der Waals surface area (Å²) in [4.78, 5) is 0. The predicted octanol–water partition coefficient (Wildman–Crippen LogP) is 11.3. The minimum atomic E-state index is 1.18. The van der Waals surface area contributed by atoms with E-state index in [4.69, 9.17) is 0 Å². The molecule has 7 aromatic carbocycles. The topological polar surface area (TPSA) is 9.34 Å². The van der Waals surface area contributed by atoms with E-state index in [0.29, 0.717) is 0 Å². The van der Waals surface area contributed by atoms with Gasteiger partial charge in [0.1, 0.15) is 0 Å². The number of hydrogen-bond donors (Lipinski definition) is 0. The van der Waals surface area contributed by atoms with Crippen LogP contribution in [0.2, 0.25) is 0 Å². The highest BCUT2D eigenvalue weighted by atomic mass is 15.0. The average Bonchev–Trinajstić information content (AvgIpc) is 3.58. The van der Waals surface area contributed by atoms with Crippen molar-refractivity contribution in [1.29, 1.82) is 0 Å². The third-order valence-corrected chi connectivity index (χ3v) is 9.46. The fourth-order valence-corrected chi connectivity index (χ4v) is 7.68. The fourth-order valence-electron chi connectivity index (χ4n) is 7.68. The molecule has 0 N–H and O–H groups in total. The molecule has 44 heavy (non-hydrogen) atoms. The second-order valence-electron chi connectivity index (χ2n) is 11.7. The molecule has 204 valence electrons. The van der Waals surface area contributed by atoms with Crippen LogP contribution in [-0.2, 0) is 0 Å². The second-order valence-corrected chi connectivity index (χ2v) is 11.7. The summed E-state index contributed by atoms with van der Waals surface area (Å²) < 4.78 is 5.05. The first-order valence-corrected chi connectivity index (χ1v) is 15.2. The molecule has 0 atom stereocenters. The zero-order valence-electron chi connectivity index (χ0n) is 23.9. The summed E-state index contributed by atoms with van der Waals surface area (Å²) >= 11 is 0. The molecule has 10 rings (SSSR count). The summed E-state index contributed by atoms with van der Waals surface area (Å²) in [6.45, 7) is 0. The van der Waals surface area contributed by atoms with E-state index in [1.807, 2.05) is 0 Å². The highest BCUT2D eigenvalue weighted by molar-refractivity contribution is 6.34. The van der Waals surface area contributed by atoms with Gasteiger partial charge < -0.3 is 8.97 Å². The highest BCUT2D eigenvalue weighted by Crippen LogP contribution is 2.48. The van der Waals surface area contributed by atoms with Gasteiger partial charge in [0, 0.05) is 38.1 Å². The number of benzene rings is 7. The van der Waals surface area contributed by atoms with Gasteiger partial charge >= 0.3 is 0 Å². The van der Waals surface area contributed by atoms with E-state index in [2.05, 4.69) is 167 Å². The summed E-state index contributed by atoms with van der Waals surface area (Å²) in [7, 11) is 0. The molecule has 0 aliphatic carbocycles. The van der Waals surface area contributed by atoms with Crippen molar-refractivity contribution in [3.63, 3.8) is 0 Å². The summed E-state index contributed by atoms with van der Waals surface area (Å²) in [6.07, 6.45) is 0. The molecular formula is C42H26N2. The average molecular weight is 559 g/mol. The first-order chi connectivity index (χ1) is 21.9. The smallest absolute Gasteiger partial charge is 0.0641 e. The van der Waals surface area contributed by atoms with Crippen molar-refractivity contribution in [3.05, 3.63) is 158 Å². The summed E-state index contributed by atoms with van der Waals surface area (Å²) in [5.74, 6) is 0. The van der Waals surface area contributed by atoms with Crippen molar-refractivity contribution in [2.24, 2.45) is 0 Å². The molecule has 0 aliphatic rings. The minimum absolute atomic E-state index is 1.18. The molecule has 0 saturated heterocycles. The Morgan fingerprint density at radius 3 is 1.61 bits per heavy atom. The first kappa shape index (κ1) is 23.7. The molecule has 0 fully saturated rings.